The fourth-order valence-corrected chi connectivity index (χ4v) is 4.88. The zero-order valence-corrected chi connectivity index (χ0v) is 24.8. The Morgan fingerprint density at radius 2 is 1.93 bits per heavy atom. The van der Waals surface area contributed by atoms with Crippen molar-refractivity contribution >= 4 is 45.9 Å². The van der Waals surface area contributed by atoms with Crippen LogP contribution >= 0.6 is 11.6 Å². The number of fused-ring (bicyclic) bond motifs is 1. The Morgan fingerprint density at radius 1 is 1.17 bits per heavy atom. The smallest absolute Gasteiger partial charge is 0.247 e. The lowest BCUT2D eigenvalue weighted by molar-refractivity contribution is -0.111. The molecule has 0 bridgehead atoms. The number of aryl methyl sites for hydroxylation is 1. The van der Waals surface area contributed by atoms with E-state index in [2.05, 4.69) is 61.2 Å². The SMILES string of the molecule is C=CC(=O)Nc1ccc(OC)cc1N1CCC(N(C)C)CC1.CNc1ncc(Cl)c(-c2cnc3c(cnn3C)c2)n1. The van der Waals surface area contributed by atoms with Crippen LogP contribution < -0.4 is 20.3 Å². The summed E-state index contributed by atoms with van der Waals surface area (Å²) in [6, 6.07) is 8.30. The highest BCUT2D eigenvalue weighted by Crippen LogP contribution is 2.33. The third-order valence-electron chi connectivity index (χ3n) is 7.00. The van der Waals surface area contributed by atoms with Crippen molar-refractivity contribution in [1.29, 1.82) is 0 Å². The van der Waals surface area contributed by atoms with Crippen LogP contribution in [0.1, 0.15) is 12.8 Å². The van der Waals surface area contributed by atoms with Crippen LogP contribution in [-0.2, 0) is 11.8 Å². The predicted octanol–water partition coefficient (Wildman–Crippen LogP) is 4.47. The molecule has 1 saturated heterocycles. The van der Waals surface area contributed by atoms with Gasteiger partial charge in [0.2, 0.25) is 11.9 Å². The third-order valence-corrected chi connectivity index (χ3v) is 7.27. The van der Waals surface area contributed by atoms with E-state index in [1.165, 1.54) is 6.08 Å². The molecule has 0 radical (unpaired) electrons. The number of nitrogens with one attached hydrogen (secondary N) is 2. The molecule has 0 atom stereocenters. The molecule has 12 heteroatoms. The lowest BCUT2D eigenvalue weighted by atomic mass is 10.0. The standard InChI is InChI=1S/C17H25N3O2.C12H11ClN6/c1-5-17(21)18-15-7-6-14(22-4)12-16(15)20-10-8-13(9-11-20)19(2)3;1-14-12-16-6-9(13)10(18-12)7-3-8-5-17-19(2)11(8)15-4-7/h5-7,12-13H,1,8-11H2,2-4H3,(H,18,21);3-6H,1-2H3,(H,14,16,18). The average molecular weight is 578 g/mol. The van der Waals surface area contributed by atoms with Crippen LogP contribution in [0.4, 0.5) is 17.3 Å². The Balaban J connectivity index is 0.000000191. The van der Waals surface area contributed by atoms with E-state index >= 15 is 0 Å². The Bertz CT molecular complexity index is 1510. The van der Waals surface area contributed by atoms with Crippen molar-refractivity contribution in [2.75, 3.05) is 56.9 Å². The summed E-state index contributed by atoms with van der Waals surface area (Å²) in [6.07, 6.45) is 8.57. The monoisotopic (exact) mass is 577 g/mol. The summed E-state index contributed by atoms with van der Waals surface area (Å²) in [4.78, 5) is 29.0. The molecule has 1 aliphatic heterocycles. The fourth-order valence-electron chi connectivity index (χ4n) is 4.68. The zero-order chi connectivity index (χ0) is 29.5. The van der Waals surface area contributed by atoms with Gasteiger partial charge < -0.3 is 25.2 Å². The van der Waals surface area contributed by atoms with E-state index in [-0.39, 0.29) is 5.91 Å². The number of hydrogen-bond acceptors (Lipinski definition) is 9. The second-order valence-electron chi connectivity index (χ2n) is 9.80. The largest absolute Gasteiger partial charge is 0.497 e. The Kier molecular flexibility index (Phi) is 9.74. The number of hydrogen-bond donors (Lipinski definition) is 2. The number of piperidine rings is 1. The van der Waals surface area contributed by atoms with Crippen molar-refractivity contribution in [1.82, 2.24) is 29.6 Å². The van der Waals surface area contributed by atoms with Crippen molar-refractivity contribution in [3.8, 4) is 17.0 Å². The Morgan fingerprint density at radius 3 is 2.59 bits per heavy atom. The van der Waals surface area contributed by atoms with Crippen LogP contribution in [0.2, 0.25) is 5.02 Å². The zero-order valence-electron chi connectivity index (χ0n) is 24.1. The molecule has 1 aliphatic rings. The number of ether oxygens (including phenoxy) is 1. The van der Waals surface area contributed by atoms with Crippen molar-refractivity contribution < 1.29 is 9.53 Å². The molecule has 0 aliphatic carbocycles. The molecule has 11 nitrogen and oxygen atoms in total. The summed E-state index contributed by atoms with van der Waals surface area (Å²) >= 11 is 6.14. The molecular formula is C29H36ClN9O2. The van der Waals surface area contributed by atoms with Gasteiger partial charge in [-0.1, -0.05) is 18.2 Å². The fraction of sp³-hybridized carbons (Fsp3) is 0.345. The molecule has 0 unspecified atom stereocenters. The number of halogens is 1. The van der Waals surface area contributed by atoms with E-state index in [1.54, 1.807) is 37.4 Å². The summed E-state index contributed by atoms with van der Waals surface area (Å²) in [5, 5.41) is 11.4. The van der Waals surface area contributed by atoms with E-state index in [4.69, 9.17) is 16.3 Å². The molecule has 216 valence electrons. The van der Waals surface area contributed by atoms with Gasteiger partial charge >= 0.3 is 0 Å². The van der Waals surface area contributed by atoms with E-state index < -0.39 is 0 Å². The van der Waals surface area contributed by atoms with Gasteiger partial charge in [0.05, 0.1) is 41.6 Å². The highest BCUT2D eigenvalue weighted by atomic mass is 35.5. The van der Waals surface area contributed by atoms with E-state index in [0.717, 1.165) is 59.7 Å². The van der Waals surface area contributed by atoms with Gasteiger partial charge in [-0.05, 0) is 51.2 Å². The van der Waals surface area contributed by atoms with Crippen molar-refractivity contribution in [2.45, 2.75) is 18.9 Å². The van der Waals surface area contributed by atoms with Crippen LogP contribution in [0.3, 0.4) is 0 Å². The van der Waals surface area contributed by atoms with Crippen molar-refractivity contribution in [2.24, 2.45) is 7.05 Å². The van der Waals surface area contributed by atoms with Crippen molar-refractivity contribution in [3.05, 3.63) is 60.5 Å². The number of aromatic nitrogens is 5. The summed E-state index contributed by atoms with van der Waals surface area (Å²) in [5.74, 6) is 1.11. The van der Waals surface area contributed by atoms with Gasteiger partial charge in [-0.3, -0.25) is 9.48 Å². The first-order valence-corrected chi connectivity index (χ1v) is 13.6. The summed E-state index contributed by atoms with van der Waals surface area (Å²) in [5.41, 5.74) is 4.12. The van der Waals surface area contributed by atoms with Gasteiger partial charge in [0, 0.05) is 56.4 Å². The van der Waals surface area contributed by atoms with Gasteiger partial charge in [-0.25, -0.2) is 15.0 Å². The minimum Gasteiger partial charge on any atom is -0.497 e. The third kappa shape index (κ3) is 7.11. The molecule has 41 heavy (non-hydrogen) atoms. The van der Waals surface area contributed by atoms with Crippen LogP contribution in [-0.4, -0.2) is 82.9 Å². The first kappa shape index (κ1) is 29.8. The molecule has 4 heterocycles. The maximum absolute atomic E-state index is 11.6. The molecule has 1 amide bonds. The van der Waals surface area contributed by atoms with E-state index in [1.807, 2.05) is 31.3 Å². The van der Waals surface area contributed by atoms with Crippen LogP contribution in [0.15, 0.2) is 55.5 Å². The van der Waals surface area contributed by atoms with Crippen molar-refractivity contribution in [3.63, 3.8) is 0 Å². The van der Waals surface area contributed by atoms with Gasteiger partial charge in [0.15, 0.2) is 5.65 Å². The number of benzene rings is 1. The number of pyridine rings is 1. The summed E-state index contributed by atoms with van der Waals surface area (Å²) in [6.45, 7) is 5.44. The minimum absolute atomic E-state index is 0.199. The molecule has 3 aromatic heterocycles. The normalized spacial score (nSPS) is 13.5. The second kappa shape index (κ2) is 13.4. The number of anilines is 3. The molecular weight excluding hydrogens is 542 g/mol. The Hall–Kier alpha value is -4.22. The van der Waals surface area contributed by atoms with Gasteiger partial charge in [-0.15, -0.1) is 0 Å². The molecule has 1 fully saturated rings. The van der Waals surface area contributed by atoms with E-state index in [9.17, 15) is 4.79 Å². The highest BCUT2D eigenvalue weighted by Gasteiger charge is 2.23. The van der Waals surface area contributed by atoms with Gasteiger partial charge in [0.1, 0.15) is 5.75 Å². The van der Waals surface area contributed by atoms with Crippen LogP contribution in [0, 0.1) is 0 Å². The maximum atomic E-state index is 11.6. The summed E-state index contributed by atoms with van der Waals surface area (Å²) < 4.78 is 7.05. The quantitative estimate of drug-likeness (QED) is 0.307. The molecule has 0 saturated carbocycles. The molecule has 4 aromatic rings. The van der Waals surface area contributed by atoms with E-state index in [0.29, 0.717) is 22.7 Å². The predicted molar refractivity (Wildman–Crippen MR) is 165 cm³/mol. The average Bonchev–Trinajstić information content (AvgIpc) is 3.37. The summed E-state index contributed by atoms with van der Waals surface area (Å²) in [7, 11) is 9.52. The van der Waals surface area contributed by atoms with Crippen LogP contribution in [0.25, 0.3) is 22.3 Å². The minimum atomic E-state index is -0.199. The topological polar surface area (TPSA) is 113 Å². The highest BCUT2D eigenvalue weighted by molar-refractivity contribution is 6.33. The molecule has 2 N–H and O–H groups in total. The first-order chi connectivity index (χ1) is 19.7. The first-order valence-electron chi connectivity index (χ1n) is 13.2. The van der Waals surface area contributed by atoms with Crippen LogP contribution in [0.5, 0.6) is 5.75 Å². The Labute approximate surface area is 245 Å². The molecule has 1 aromatic carbocycles. The van der Waals surface area contributed by atoms with Gasteiger partial charge in [0.25, 0.3) is 0 Å². The number of amides is 1. The number of carbonyl (C=O) groups is 1. The van der Waals surface area contributed by atoms with Gasteiger partial charge in [-0.2, -0.15) is 5.10 Å². The molecule has 5 rings (SSSR count). The lowest BCUT2D eigenvalue weighted by Crippen LogP contribution is -2.42. The second-order valence-corrected chi connectivity index (χ2v) is 10.2. The molecule has 0 spiro atoms. The number of nitrogens with zero attached hydrogens (tertiary/aromatic N) is 7. The number of rotatable bonds is 7. The lowest BCUT2D eigenvalue weighted by Gasteiger charge is -2.37. The maximum Gasteiger partial charge on any atom is 0.247 e. The number of carbonyl (C=O) groups excluding carboxylic acids is 1. The number of methoxy groups -OCH3 is 1.